The normalized spacial score (nSPS) is 11.4. The van der Waals surface area contributed by atoms with Gasteiger partial charge in [-0.3, -0.25) is 9.59 Å². The lowest BCUT2D eigenvalue weighted by Gasteiger charge is -2.19. The molecule has 0 aliphatic heterocycles. The topological polar surface area (TPSA) is 67.4 Å². The van der Waals surface area contributed by atoms with Gasteiger partial charge in [0.25, 0.3) is 11.8 Å². The largest absolute Gasteiger partial charge is 0.481 e. The number of rotatable bonds is 10. The van der Waals surface area contributed by atoms with Gasteiger partial charge in [-0.1, -0.05) is 91.9 Å². The summed E-state index contributed by atoms with van der Waals surface area (Å²) < 4.78 is 5.99. The quantitative estimate of drug-likeness (QED) is 0.288. The second-order valence-electron chi connectivity index (χ2n) is 8.43. The molecule has 0 aliphatic rings. The fourth-order valence-electron chi connectivity index (χ4n) is 3.91. The van der Waals surface area contributed by atoms with E-state index in [9.17, 15) is 9.59 Å². The standard InChI is InChI=1S/C31H30N2O3/c1-2-29(36-26-19-17-25(18-20-26)24-13-7-4-8-14-24)31(35)33-28-16-10-9-15-27(28)30(34)32-22-21-23-11-5-3-6-12-23/h3-20,29H,2,21-22H2,1H3,(H,32,34)(H,33,35). The predicted octanol–water partition coefficient (Wildman–Crippen LogP) is 6.12. The van der Waals surface area contributed by atoms with Crippen molar-refractivity contribution in [2.24, 2.45) is 0 Å². The summed E-state index contributed by atoms with van der Waals surface area (Å²) in [6.07, 6.45) is 0.523. The Balaban J connectivity index is 1.37. The first kappa shape index (κ1) is 24.7. The lowest BCUT2D eigenvalue weighted by atomic mass is 10.1. The van der Waals surface area contributed by atoms with E-state index in [4.69, 9.17) is 4.74 Å². The van der Waals surface area contributed by atoms with E-state index in [1.54, 1.807) is 24.3 Å². The maximum Gasteiger partial charge on any atom is 0.265 e. The number of hydrogen-bond acceptors (Lipinski definition) is 3. The molecule has 182 valence electrons. The summed E-state index contributed by atoms with van der Waals surface area (Å²) in [6, 6.07) is 34.8. The van der Waals surface area contributed by atoms with Crippen molar-refractivity contribution in [2.75, 3.05) is 11.9 Å². The molecule has 0 saturated heterocycles. The summed E-state index contributed by atoms with van der Waals surface area (Å²) in [6.45, 7) is 2.40. The average molecular weight is 479 g/mol. The summed E-state index contributed by atoms with van der Waals surface area (Å²) in [4.78, 5) is 25.9. The number of carbonyl (C=O) groups is 2. The Labute approximate surface area is 212 Å². The van der Waals surface area contributed by atoms with Gasteiger partial charge >= 0.3 is 0 Å². The molecular formula is C31H30N2O3. The zero-order valence-corrected chi connectivity index (χ0v) is 20.3. The molecule has 0 saturated carbocycles. The number of amides is 2. The van der Waals surface area contributed by atoms with Gasteiger partial charge in [-0.2, -0.15) is 0 Å². The third-order valence-electron chi connectivity index (χ3n) is 5.87. The van der Waals surface area contributed by atoms with Crippen LogP contribution in [0, 0.1) is 0 Å². The number of nitrogens with one attached hydrogen (secondary N) is 2. The van der Waals surface area contributed by atoms with E-state index in [0.717, 1.165) is 23.1 Å². The van der Waals surface area contributed by atoms with Crippen LogP contribution in [0.2, 0.25) is 0 Å². The highest BCUT2D eigenvalue weighted by atomic mass is 16.5. The van der Waals surface area contributed by atoms with Crippen molar-refractivity contribution in [1.82, 2.24) is 5.32 Å². The minimum atomic E-state index is -0.693. The summed E-state index contributed by atoms with van der Waals surface area (Å²) in [5, 5.41) is 5.82. The maximum absolute atomic E-state index is 13.0. The van der Waals surface area contributed by atoms with Gasteiger partial charge in [-0.05, 0) is 53.8 Å². The third kappa shape index (κ3) is 6.60. The van der Waals surface area contributed by atoms with Gasteiger partial charge in [0.2, 0.25) is 0 Å². The van der Waals surface area contributed by atoms with Crippen molar-refractivity contribution in [3.05, 3.63) is 120 Å². The Morgan fingerprint density at radius 2 is 1.36 bits per heavy atom. The van der Waals surface area contributed by atoms with E-state index in [1.165, 1.54) is 0 Å². The average Bonchev–Trinajstić information content (AvgIpc) is 2.93. The van der Waals surface area contributed by atoms with E-state index in [2.05, 4.69) is 10.6 Å². The minimum Gasteiger partial charge on any atom is -0.481 e. The molecule has 4 rings (SSSR count). The Bertz CT molecular complexity index is 1270. The lowest BCUT2D eigenvalue weighted by molar-refractivity contribution is -0.122. The Hall–Kier alpha value is -4.38. The second kappa shape index (κ2) is 12.4. The van der Waals surface area contributed by atoms with Crippen molar-refractivity contribution >= 4 is 17.5 Å². The zero-order valence-electron chi connectivity index (χ0n) is 20.3. The molecule has 1 atom stereocenters. The van der Waals surface area contributed by atoms with Gasteiger partial charge in [0.05, 0.1) is 11.3 Å². The number of benzene rings is 4. The molecule has 0 fully saturated rings. The molecule has 2 amide bonds. The van der Waals surface area contributed by atoms with Crippen LogP contribution in [0.4, 0.5) is 5.69 Å². The van der Waals surface area contributed by atoms with E-state index in [0.29, 0.717) is 30.0 Å². The number of hydrogen-bond donors (Lipinski definition) is 2. The fraction of sp³-hybridized carbons (Fsp3) is 0.161. The lowest BCUT2D eigenvalue weighted by Crippen LogP contribution is -2.33. The molecule has 5 heteroatoms. The molecule has 2 N–H and O–H groups in total. The first-order valence-corrected chi connectivity index (χ1v) is 12.2. The molecular weight excluding hydrogens is 448 g/mol. The Morgan fingerprint density at radius 3 is 2.06 bits per heavy atom. The minimum absolute atomic E-state index is 0.229. The van der Waals surface area contributed by atoms with Crippen molar-refractivity contribution in [2.45, 2.75) is 25.9 Å². The van der Waals surface area contributed by atoms with Gasteiger partial charge in [-0.25, -0.2) is 0 Å². The number of para-hydroxylation sites is 1. The van der Waals surface area contributed by atoms with Crippen LogP contribution in [0.1, 0.15) is 29.3 Å². The highest BCUT2D eigenvalue weighted by Crippen LogP contribution is 2.23. The molecule has 0 heterocycles. The van der Waals surface area contributed by atoms with Crippen LogP contribution >= 0.6 is 0 Å². The Kier molecular flexibility index (Phi) is 8.49. The van der Waals surface area contributed by atoms with Gasteiger partial charge in [0.1, 0.15) is 5.75 Å². The monoisotopic (exact) mass is 478 g/mol. The molecule has 0 spiro atoms. The molecule has 4 aromatic rings. The number of carbonyl (C=O) groups excluding carboxylic acids is 2. The van der Waals surface area contributed by atoms with E-state index in [1.807, 2.05) is 91.9 Å². The van der Waals surface area contributed by atoms with Crippen LogP contribution in [0.5, 0.6) is 5.75 Å². The third-order valence-corrected chi connectivity index (χ3v) is 5.87. The highest BCUT2D eigenvalue weighted by Gasteiger charge is 2.21. The molecule has 4 aromatic carbocycles. The Morgan fingerprint density at radius 1 is 0.750 bits per heavy atom. The van der Waals surface area contributed by atoms with Crippen LogP contribution in [-0.2, 0) is 11.2 Å². The molecule has 0 aliphatic carbocycles. The zero-order chi connectivity index (χ0) is 25.2. The molecule has 0 bridgehead atoms. The second-order valence-corrected chi connectivity index (χ2v) is 8.43. The van der Waals surface area contributed by atoms with Crippen molar-refractivity contribution in [1.29, 1.82) is 0 Å². The SMILES string of the molecule is CCC(Oc1ccc(-c2ccccc2)cc1)C(=O)Nc1ccccc1C(=O)NCCc1ccccc1. The first-order valence-electron chi connectivity index (χ1n) is 12.2. The first-order chi connectivity index (χ1) is 17.6. The molecule has 0 radical (unpaired) electrons. The van der Waals surface area contributed by atoms with Crippen LogP contribution in [0.15, 0.2) is 109 Å². The number of ether oxygens (including phenoxy) is 1. The summed E-state index contributed by atoms with van der Waals surface area (Å²) in [7, 11) is 0. The maximum atomic E-state index is 13.0. The molecule has 5 nitrogen and oxygen atoms in total. The fourth-order valence-corrected chi connectivity index (χ4v) is 3.91. The van der Waals surface area contributed by atoms with Crippen molar-refractivity contribution in [3.63, 3.8) is 0 Å². The molecule has 36 heavy (non-hydrogen) atoms. The van der Waals surface area contributed by atoms with Gasteiger partial charge in [0, 0.05) is 6.54 Å². The highest BCUT2D eigenvalue weighted by molar-refractivity contribution is 6.04. The summed E-state index contributed by atoms with van der Waals surface area (Å²) in [5.74, 6) is 0.0880. The predicted molar refractivity (Wildman–Crippen MR) is 144 cm³/mol. The molecule has 0 aromatic heterocycles. The summed E-state index contributed by atoms with van der Waals surface area (Å²) in [5.41, 5.74) is 4.22. The van der Waals surface area contributed by atoms with Gasteiger partial charge in [-0.15, -0.1) is 0 Å². The van der Waals surface area contributed by atoms with Crippen LogP contribution in [-0.4, -0.2) is 24.5 Å². The summed E-state index contributed by atoms with van der Waals surface area (Å²) >= 11 is 0. The van der Waals surface area contributed by atoms with Crippen molar-refractivity contribution in [3.8, 4) is 16.9 Å². The smallest absolute Gasteiger partial charge is 0.265 e. The van der Waals surface area contributed by atoms with Crippen LogP contribution in [0.3, 0.4) is 0 Å². The van der Waals surface area contributed by atoms with Crippen molar-refractivity contribution < 1.29 is 14.3 Å². The van der Waals surface area contributed by atoms with E-state index in [-0.39, 0.29) is 11.8 Å². The van der Waals surface area contributed by atoms with Gasteiger partial charge < -0.3 is 15.4 Å². The number of anilines is 1. The van der Waals surface area contributed by atoms with E-state index >= 15 is 0 Å². The molecule has 1 unspecified atom stereocenters. The van der Waals surface area contributed by atoms with Crippen LogP contribution < -0.4 is 15.4 Å². The van der Waals surface area contributed by atoms with Gasteiger partial charge in [0.15, 0.2) is 6.10 Å². The van der Waals surface area contributed by atoms with Crippen LogP contribution in [0.25, 0.3) is 11.1 Å². The van der Waals surface area contributed by atoms with E-state index < -0.39 is 6.10 Å².